The van der Waals surface area contributed by atoms with E-state index in [4.69, 9.17) is 11.6 Å². The Labute approximate surface area is 114 Å². The Bertz CT molecular complexity index is 586. The molecule has 0 saturated carbocycles. The summed E-state index contributed by atoms with van der Waals surface area (Å²) in [5, 5.41) is 10.5. The molecule has 2 aromatic rings. The van der Waals surface area contributed by atoms with Crippen LogP contribution in [0, 0.1) is 0 Å². The maximum Gasteiger partial charge on any atom is 0.303 e. The number of benzene rings is 1. The fraction of sp³-hybridized carbons (Fsp3) is 0.308. The topological polar surface area (TPSA) is 42.2 Å². The number of hydrogen-bond acceptors (Lipinski definition) is 3. The number of hydrogen-bond donors (Lipinski definition) is 1. The molecule has 0 aliphatic heterocycles. The van der Waals surface area contributed by atoms with Crippen molar-refractivity contribution in [2.45, 2.75) is 26.3 Å². The molecule has 0 radical (unpaired) electrons. The van der Waals surface area contributed by atoms with Crippen molar-refractivity contribution in [3.63, 3.8) is 0 Å². The summed E-state index contributed by atoms with van der Waals surface area (Å²) in [5.74, 6) is -0.168. The molecule has 18 heavy (non-hydrogen) atoms. The maximum absolute atomic E-state index is 11.8. The summed E-state index contributed by atoms with van der Waals surface area (Å²) in [4.78, 5) is 12.4. The first kappa shape index (κ1) is 13.2. The van der Waals surface area contributed by atoms with Gasteiger partial charge in [-0.1, -0.05) is 48.6 Å². The third-order valence-electron chi connectivity index (χ3n) is 2.67. The lowest BCUT2D eigenvalue weighted by molar-refractivity contribution is 0.467. The molecule has 0 bridgehead atoms. The molecule has 1 aromatic carbocycles. The van der Waals surface area contributed by atoms with Crippen LogP contribution in [0.2, 0.25) is 5.02 Å². The van der Waals surface area contributed by atoms with E-state index in [0.29, 0.717) is 16.4 Å². The Morgan fingerprint density at radius 3 is 2.61 bits per heavy atom. The summed E-state index contributed by atoms with van der Waals surface area (Å²) < 4.78 is 1.60. The van der Waals surface area contributed by atoms with Crippen LogP contribution in [0.25, 0.3) is 10.4 Å². The Morgan fingerprint density at radius 2 is 2.00 bits per heavy atom. The monoisotopic (exact) mass is 283 g/mol. The van der Waals surface area contributed by atoms with Crippen molar-refractivity contribution in [2.24, 2.45) is 0 Å². The van der Waals surface area contributed by atoms with Gasteiger partial charge in [0.1, 0.15) is 0 Å². The van der Waals surface area contributed by atoms with Crippen LogP contribution in [-0.2, 0) is 6.54 Å². The molecule has 0 fully saturated rings. The highest BCUT2D eigenvalue weighted by molar-refractivity contribution is 7.10. The average molecular weight is 284 g/mol. The molecule has 2 rings (SSSR count). The van der Waals surface area contributed by atoms with E-state index in [1.165, 1.54) is 11.5 Å². The zero-order valence-corrected chi connectivity index (χ0v) is 11.6. The standard InChI is InChI=1S/C13H14ClNO2S/c1-2-3-8-15-13(17)11(16)12(18-15)9-4-6-10(14)7-5-9/h4-7,16H,2-3,8H2,1H3. The summed E-state index contributed by atoms with van der Waals surface area (Å²) in [6, 6.07) is 7.10. The van der Waals surface area contributed by atoms with Crippen molar-refractivity contribution < 1.29 is 5.11 Å². The van der Waals surface area contributed by atoms with Gasteiger partial charge < -0.3 is 5.11 Å². The van der Waals surface area contributed by atoms with Crippen LogP contribution in [0.15, 0.2) is 29.1 Å². The smallest absolute Gasteiger partial charge is 0.303 e. The van der Waals surface area contributed by atoms with Gasteiger partial charge in [0.2, 0.25) is 5.75 Å². The second kappa shape index (κ2) is 5.59. The molecule has 3 nitrogen and oxygen atoms in total. The lowest BCUT2D eigenvalue weighted by atomic mass is 10.2. The first-order valence-electron chi connectivity index (χ1n) is 5.82. The summed E-state index contributed by atoms with van der Waals surface area (Å²) in [7, 11) is 0. The molecule has 96 valence electrons. The van der Waals surface area contributed by atoms with Gasteiger partial charge in [-0.2, -0.15) is 0 Å². The minimum Gasteiger partial charge on any atom is -0.502 e. The molecule has 1 N–H and O–H groups in total. The number of rotatable bonds is 4. The fourth-order valence-electron chi connectivity index (χ4n) is 1.65. The first-order chi connectivity index (χ1) is 8.63. The van der Waals surface area contributed by atoms with E-state index < -0.39 is 0 Å². The number of aromatic nitrogens is 1. The molecular formula is C13H14ClNO2S. The second-order valence-corrected chi connectivity index (χ2v) is 5.50. The van der Waals surface area contributed by atoms with Gasteiger partial charge in [0.15, 0.2) is 0 Å². The molecule has 0 amide bonds. The van der Waals surface area contributed by atoms with E-state index in [0.717, 1.165) is 18.4 Å². The lowest BCUT2D eigenvalue weighted by Crippen LogP contribution is -2.12. The summed E-state index contributed by atoms with van der Waals surface area (Å²) in [6.07, 6.45) is 1.95. The van der Waals surface area contributed by atoms with E-state index in [-0.39, 0.29) is 11.3 Å². The first-order valence-corrected chi connectivity index (χ1v) is 6.97. The van der Waals surface area contributed by atoms with Gasteiger partial charge in [-0.05, 0) is 24.1 Å². The van der Waals surface area contributed by atoms with Gasteiger partial charge in [-0.3, -0.25) is 8.75 Å². The molecule has 1 heterocycles. The van der Waals surface area contributed by atoms with Crippen LogP contribution >= 0.6 is 23.1 Å². The van der Waals surface area contributed by atoms with Gasteiger partial charge in [-0.15, -0.1) is 0 Å². The van der Waals surface area contributed by atoms with Crippen molar-refractivity contribution >= 4 is 23.1 Å². The Balaban J connectivity index is 2.39. The number of aromatic hydroxyl groups is 1. The van der Waals surface area contributed by atoms with Crippen molar-refractivity contribution in [2.75, 3.05) is 0 Å². The highest BCUT2D eigenvalue weighted by Crippen LogP contribution is 2.32. The van der Waals surface area contributed by atoms with E-state index >= 15 is 0 Å². The van der Waals surface area contributed by atoms with E-state index in [1.54, 1.807) is 28.2 Å². The van der Waals surface area contributed by atoms with Gasteiger partial charge in [0.25, 0.3) is 0 Å². The average Bonchev–Trinajstić information content (AvgIpc) is 2.65. The molecule has 0 aliphatic rings. The fourth-order valence-corrected chi connectivity index (χ4v) is 2.80. The van der Waals surface area contributed by atoms with Crippen molar-refractivity contribution in [1.82, 2.24) is 3.96 Å². The number of aryl methyl sites for hydroxylation is 1. The maximum atomic E-state index is 11.8. The molecule has 0 saturated heterocycles. The molecule has 1 aromatic heterocycles. The van der Waals surface area contributed by atoms with Crippen LogP contribution in [0.1, 0.15) is 19.8 Å². The quantitative estimate of drug-likeness (QED) is 0.929. The minimum absolute atomic E-state index is 0.168. The number of nitrogens with zero attached hydrogens (tertiary/aromatic N) is 1. The second-order valence-electron chi connectivity index (χ2n) is 4.04. The van der Waals surface area contributed by atoms with Gasteiger partial charge in [-0.25, -0.2) is 0 Å². The zero-order valence-electron chi connectivity index (χ0n) is 10.0. The Hall–Kier alpha value is -1.26. The number of halogens is 1. The highest BCUT2D eigenvalue weighted by atomic mass is 35.5. The molecule has 0 spiro atoms. The molecule has 0 unspecified atom stereocenters. The molecule has 0 aliphatic carbocycles. The summed E-state index contributed by atoms with van der Waals surface area (Å²) in [6.45, 7) is 2.72. The van der Waals surface area contributed by atoms with Gasteiger partial charge >= 0.3 is 5.56 Å². The summed E-state index contributed by atoms with van der Waals surface area (Å²) >= 11 is 7.11. The lowest BCUT2D eigenvalue weighted by Gasteiger charge is -1.98. The van der Waals surface area contributed by atoms with Crippen LogP contribution in [0.4, 0.5) is 0 Å². The largest absolute Gasteiger partial charge is 0.502 e. The van der Waals surface area contributed by atoms with Gasteiger partial charge in [0.05, 0.1) is 4.88 Å². The molecule has 0 atom stereocenters. The predicted molar refractivity (Wildman–Crippen MR) is 75.6 cm³/mol. The highest BCUT2D eigenvalue weighted by Gasteiger charge is 2.15. The molecular weight excluding hydrogens is 270 g/mol. The van der Waals surface area contributed by atoms with Crippen molar-refractivity contribution in [3.8, 4) is 16.2 Å². The summed E-state index contributed by atoms with van der Waals surface area (Å²) in [5.41, 5.74) is 0.507. The van der Waals surface area contributed by atoms with E-state index in [2.05, 4.69) is 6.92 Å². The molecule has 5 heteroatoms. The Kier molecular flexibility index (Phi) is 4.09. The van der Waals surface area contributed by atoms with E-state index in [1.807, 2.05) is 0 Å². The SMILES string of the molecule is CCCCn1sc(-c2ccc(Cl)cc2)c(O)c1=O. The van der Waals surface area contributed by atoms with Crippen molar-refractivity contribution in [3.05, 3.63) is 39.6 Å². The van der Waals surface area contributed by atoms with Crippen LogP contribution in [0.5, 0.6) is 5.75 Å². The minimum atomic E-state index is -0.307. The zero-order chi connectivity index (χ0) is 13.1. The normalized spacial score (nSPS) is 10.8. The third-order valence-corrected chi connectivity index (χ3v) is 4.10. The van der Waals surface area contributed by atoms with Crippen molar-refractivity contribution in [1.29, 1.82) is 0 Å². The van der Waals surface area contributed by atoms with Gasteiger partial charge in [0, 0.05) is 11.6 Å². The predicted octanol–water partition coefficient (Wildman–Crippen LogP) is 3.74. The van der Waals surface area contributed by atoms with E-state index in [9.17, 15) is 9.90 Å². The van der Waals surface area contributed by atoms with Crippen LogP contribution in [-0.4, -0.2) is 9.06 Å². The van der Waals surface area contributed by atoms with Crippen LogP contribution < -0.4 is 5.56 Å². The number of unbranched alkanes of at least 4 members (excludes halogenated alkanes) is 1. The third kappa shape index (κ3) is 2.60. The Morgan fingerprint density at radius 1 is 1.33 bits per heavy atom. The van der Waals surface area contributed by atoms with Crippen LogP contribution in [0.3, 0.4) is 0 Å².